The van der Waals surface area contributed by atoms with Gasteiger partial charge >= 0.3 is 0 Å². The fraction of sp³-hybridized carbons (Fsp3) is 0.429. The number of ketones is 2. The Balaban J connectivity index is 3.27. The van der Waals surface area contributed by atoms with E-state index in [-0.39, 0.29) is 0 Å². The minimum absolute atomic E-state index is 0.389. The first-order valence-electron chi connectivity index (χ1n) is 5.82. The standard InChI is InChI=1S/C14H17FO2/c1-4-10-7-6-8-11(5-2)12(10)14(17)13(15)9(3)16/h6-8,13H,4-5H2,1-3H3. The monoisotopic (exact) mass is 236 g/mol. The summed E-state index contributed by atoms with van der Waals surface area (Å²) in [6.45, 7) is 4.92. The Labute approximate surface area is 101 Å². The number of carbonyl (C=O) groups is 2. The molecule has 0 aromatic heterocycles. The van der Waals surface area contributed by atoms with Crippen molar-refractivity contribution in [2.45, 2.75) is 39.8 Å². The molecule has 92 valence electrons. The van der Waals surface area contributed by atoms with Gasteiger partial charge in [-0.25, -0.2) is 4.39 Å². The third-order valence-corrected chi connectivity index (χ3v) is 2.83. The fourth-order valence-corrected chi connectivity index (χ4v) is 1.87. The molecular weight excluding hydrogens is 219 g/mol. The van der Waals surface area contributed by atoms with Crippen LogP contribution in [0.2, 0.25) is 0 Å². The highest BCUT2D eigenvalue weighted by Crippen LogP contribution is 2.19. The second-order valence-electron chi connectivity index (χ2n) is 4.00. The first-order chi connectivity index (χ1) is 8.02. The minimum atomic E-state index is -2.03. The molecule has 2 nitrogen and oxygen atoms in total. The number of Topliss-reactive ketones (excluding diaryl/α,β-unsaturated/α-hetero) is 2. The van der Waals surface area contributed by atoms with E-state index in [4.69, 9.17) is 0 Å². The van der Waals surface area contributed by atoms with Gasteiger partial charge in [0.05, 0.1) is 0 Å². The Kier molecular flexibility index (Phi) is 4.55. The second-order valence-corrected chi connectivity index (χ2v) is 4.00. The second kappa shape index (κ2) is 5.71. The minimum Gasteiger partial charge on any atom is -0.296 e. The molecule has 17 heavy (non-hydrogen) atoms. The van der Waals surface area contributed by atoms with E-state index in [1.807, 2.05) is 19.9 Å². The van der Waals surface area contributed by atoms with Crippen LogP contribution in [0.1, 0.15) is 42.3 Å². The van der Waals surface area contributed by atoms with Gasteiger partial charge in [0, 0.05) is 5.56 Å². The van der Waals surface area contributed by atoms with E-state index >= 15 is 0 Å². The number of carbonyl (C=O) groups excluding carboxylic acids is 2. The molecule has 0 saturated heterocycles. The van der Waals surface area contributed by atoms with E-state index in [9.17, 15) is 14.0 Å². The van der Waals surface area contributed by atoms with Crippen LogP contribution < -0.4 is 0 Å². The molecule has 0 fully saturated rings. The number of hydrogen-bond acceptors (Lipinski definition) is 2. The van der Waals surface area contributed by atoms with E-state index < -0.39 is 17.7 Å². The molecule has 0 aliphatic carbocycles. The zero-order chi connectivity index (χ0) is 13.0. The molecule has 0 amide bonds. The molecule has 0 spiro atoms. The summed E-state index contributed by atoms with van der Waals surface area (Å²) >= 11 is 0. The summed E-state index contributed by atoms with van der Waals surface area (Å²) in [5.74, 6) is -1.44. The number of rotatable bonds is 5. The predicted octanol–water partition coefficient (Wildman–Crippen LogP) is 2.92. The van der Waals surface area contributed by atoms with Crippen molar-refractivity contribution < 1.29 is 14.0 Å². The van der Waals surface area contributed by atoms with Crippen molar-refractivity contribution in [1.29, 1.82) is 0 Å². The van der Waals surface area contributed by atoms with Gasteiger partial charge in [-0.2, -0.15) is 0 Å². The maximum absolute atomic E-state index is 13.5. The van der Waals surface area contributed by atoms with Crippen LogP contribution in [0.15, 0.2) is 18.2 Å². The van der Waals surface area contributed by atoms with Crippen LogP contribution in [-0.2, 0) is 17.6 Å². The van der Waals surface area contributed by atoms with Crippen LogP contribution in [0.4, 0.5) is 4.39 Å². The molecule has 1 atom stereocenters. The van der Waals surface area contributed by atoms with Crippen LogP contribution in [-0.4, -0.2) is 17.7 Å². The average molecular weight is 236 g/mol. The van der Waals surface area contributed by atoms with Gasteiger partial charge in [0.25, 0.3) is 0 Å². The molecule has 1 unspecified atom stereocenters. The topological polar surface area (TPSA) is 34.1 Å². The third kappa shape index (κ3) is 2.78. The quantitative estimate of drug-likeness (QED) is 0.582. The number of alkyl halides is 1. The molecule has 3 heteroatoms. The SMILES string of the molecule is CCc1cccc(CC)c1C(=O)C(F)C(C)=O. The van der Waals surface area contributed by atoms with Gasteiger partial charge < -0.3 is 0 Å². The van der Waals surface area contributed by atoms with Crippen LogP contribution >= 0.6 is 0 Å². The third-order valence-electron chi connectivity index (χ3n) is 2.83. The molecule has 0 saturated carbocycles. The molecule has 0 heterocycles. The van der Waals surface area contributed by atoms with Gasteiger partial charge in [0.2, 0.25) is 12.0 Å². The maximum Gasteiger partial charge on any atom is 0.220 e. The summed E-state index contributed by atoms with van der Waals surface area (Å²) in [6.07, 6.45) is -0.730. The van der Waals surface area contributed by atoms with Gasteiger partial charge in [-0.05, 0) is 30.9 Å². The largest absolute Gasteiger partial charge is 0.296 e. The Hall–Kier alpha value is -1.51. The molecule has 0 bridgehead atoms. The molecule has 0 aliphatic rings. The zero-order valence-electron chi connectivity index (χ0n) is 10.4. The van der Waals surface area contributed by atoms with Crippen molar-refractivity contribution in [3.8, 4) is 0 Å². The normalized spacial score (nSPS) is 12.2. The number of aryl methyl sites for hydroxylation is 2. The Morgan fingerprint density at radius 1 is 1.18 bits per heavy atom. The van der Waals surface area contributed by atoms with Crippen molar-refractivity contribution in [3.05, 3.63) is 34.9 Å². The van der Waals surface area contributed by atoms with Gasteiger partial charge in [-0.15, -0.1) is 0 Å². The number of hydrogen-bond donors (Lipinski definition) is 0. The highest BCUT2D eigenvalue weighted by atomic mass is 19.1. The summed E-state index contributed by atoms with van der Waals surface area (Å²) in [7, 11) is 0. The van der Waals surface area contributed by atoms with Crippen molar-refractivity contribution >= 4 is 11.6 Å². The molecule has 1 rings (SSSR count). The van der Waals surface area contributed by atoms with Crippen LogP contribution in [0.3, 0.4) is 0 Å². The van der Waals surface area contributed by atoms with E-state index in [1.165, 1.54) is 0 Å². The smallest absolute Gasteiger partial charge is 0.220 e. The predicted molar refractivity (Wildman–Crippen MR) is 65.1 cm³/mol. The van der Waals surface area contributed by atoms with E-state index in [2.05, 4.69) is 0 Å². The zero-order valence-corrected chi connectivity index (χ0v) is 10.4. The molecule has 0 aliphatic heterocycles. The van der Waals surface area contributed by atoms with Crippen LogP contribution in [0, 0.1) is 0 Å². The lowest BCUT2D eigenvalue weighted by atomic mass is 9.92. The van der Waals surface area contributed by atoms with E-state index in [1.54, 1.807) is 12.1 Å². The highest BCUT2D eigenvalue weighted by Gasteiger charge is 2.26. The summed E-state index contributed by atoms with van der Waals surface area (Å²) in [5.41, 5.74) is 2.00. The van der Waals surface area contributed by atoms with Gasteiger partial charge in [0.15, 0.2) is 5.78 Å². The van der Waals surface area contributed by atoms with Crippen molar-refractivity contribution in [3.63, 3.8) is 0 Å². The van der Waals surface area contributed by atoms with E-state index in [0.717, 1.165) is 18.1 Å². The molecule has 0 radical (unpaired) electrons. The van der Waals surface area contributed by atoms with Crippen LogP contribution in [0.5, 0.6) is 0 Å². The average Bonchev–Trinajstić information content (AvgIpc) is 2.35. The lowest BCUT2D eigenvalue weighted by molar-refractivity contribution is -0.120. The molecule has 1 aromatic carbocycles. The molecule has 1 aromatic rings. The lowest BCUT2D eigenvalue weighted by Crippen LogP contribution is -2.25. The summed E-state index contributed by atoms with van der Waals surface area (Å²) < 4.78 is 13.5. The van der Waals surface area contributed by atoms with Crippen molar-refractivity contribution in [1.82, 2.24) is 0 Å². The van der Waals surface area contributed by atoms with Gasteiger partial charge in [-0.3, -0.25) is 9.59 Å². The van der Waals surface area contributed by atoms with Gasteiger partial charge in [-0.1, -0.05) is 32.0 Å². The van der Waals surface area contributed by atoms with Crippen molar-refractivity contribution in [2.24, 2.45) is 0 Å². The summed E-state index contributed by atoms with van der Waals surface area (Å²) in [5, 5.41) is 0. The fourth-order valence-electron chi connectivity index (χ4n) is 1.87. The lowest BCUT2D eigenvalue weighted by Gasteiger charge is -2.13. The van der Waals surface area contributed by atoms with E-state index in [0.29, 0.717) is 18.4 Å². The molecular formula is C14H17FO2. The molecule has 0 N–H and O–H groups in total. The maximum atomic E-state index is 13.5. The number of halogens is 1. The summed E-state index contributed by atoms with van der Waals surface area (Å²) in [4.78, 5) is 22.9. The number of benzene rings is 1. The van der Waals surface area contributed by atoms with Gasteiger partial charge in [0.1, 0.15) is 0 Å². The first-order valence-corrected chi connectivity index (χ1v) is 5.82. The first kappa shape index (κ1) is 13.6. The Morgan fingerprint density at radius 2 is 1.65 bits per heavy atom. The summed E-state index contributed by atoms with van der Waals surface area (Å²) in [6, 6.07) is 5.47. The Morgan fingerprint density at radius 3 is 2.00 bits per heavy atom. The Bertz CT molecular complexity index is 416. The van der Waals surface area contributed by atoms with Crippen LogP contribution in [0.25, 0.3) is 0 Å². The van der Waals surface area contributed by atoms with Crippen molar-refractivity contribution in [2.75, 3.05) is 0 Å². The highest BCUT2D eigenvalue weighted by molar-refractivity contribution is 6.13.